The van der Waals surface area contributed by atoms with Gasteiger partial charge >= 0.3 is 0 Å². The third kappa shape index (κ3) is 3.37. The zero-order chi connectivity index (χ0) is 8.10. The summed E-state index contributed by atoms with van der Waals surface area (Å²) in [6, 6.07) is 9.06. The van der Waals surface area contributed by atoms with Gasteiger partial charge in [0.15, 0.2) is 0 Å². The van der Waals surface area contributed by atoms with Crippen LogP contribution in [0, 0.1) is 5.75 Å². The Kier molecular flexibility index (Phi) is 3.36. The number of hydrogen-bond donors (Lipinski definition) is 0. The SMILES string of the molecule is FC(F)S[CH]c1ccccc1. The molecule has 0 bridgehead atoms. The van der Waals surface area contributed by atoms with Crippen LogP contribution in [-0.4, -0.2) is 5.76 Å². The van der Waals surface area contributed by atoms with Crippen molar-refractivity contribution in [1.29, 1.82) is 0 Å². The highest BCUT2D eigenvalue weighted by atomic mass is 32.2. The van der Waals surface area contributed by atoms with Crippen LogP contribution in [-0.2, 0) is 0 Å². The first-order chi connectivity index (χ1) is 5.29. The summed E-state index contributed by atoms with van der Waals surface area (Å²) in [5.74, 6) is -0.875. The van der Waals surface area contributed by atoms with Crippen molar-refractivity contribution in [2.75, 3.05) is 0 Å². The molecule has 0 amide bonds. The van der Waals surface area contributed by atoms with E-state index in [4.69, 9.17) is 0 Å². The van der Waals surface area contributed by atoms with Gasteiger partial charge in [-0.1, -0.05) is 42.1 Å². The van der Waals surface area contributed by atoms with E-state index in [2.05, 4.69) is 0 Å². The molecule has 0 saturated heterocycles. The summed E-state index contributed by atoms with van der Waals surface area (Å²) in [6.07, 6.45) is 0. The van der Waals surface area contributed by atoms with Crippen LogP contribution >= 0.6 is 11.8 Å². The first-order valence-corrected chi connectivity index (χ1v) is 4.05. The molecular weight excluding hydrogens is 166 g/mol. The van der Waals surface area contributed by atoms with Crippen LogP contribution in [0.3, 0.4) is 0 Å². The molecule has 1 aromatic rings. The minimum absolute atomic E-state index is 0.526. The average molecular weight is 173 g/mol. The maximum atomic E-state index is 11.7. The van der Waals surface area contributed by atoms with E-state index in [1.165, 1.54) is 5.75 Å². The normalized spacial score (nSPS) is 10.5. The second-order valence-electron chi connectivity index (χ2n) is 1.93. The first kappa shape index (κ1) is 8.53. The lowest BCUT2D eigenvalue weighted by molar-refractivity contribution is 0.253. The molecule has 0 spiro atoms. The monoisotopic (exact) mass is 173 g/mol. The zero-order valence-electron chi connectivity index (χ0n) is 5.71. The Morgan fingerprint density at radius 1 is 1.18 bits per heavy atom. The number of halogens is 2. The lowest BCUT2D eigenvalue weighted by Crippen LogP contribution is -1.82. The maximum absolute atomic E-state index is 11.7. The van der Waals surface area contributed by atoms with Crippen LogP contribution in [0.25, 0.3) is 0 Å². The molecule has 1 rings (SSSR count). The molecular formula is C8H7F2S. The van der Waals surface area contributed by atoms with Gasteiger partial charge in [0.2, 0.25) is 0 Å². The molecule has 0 nitrogen and oxygen atoms in total. The molecule has 59 valence electrons. The summed E-state index contributed by atoms with van der Waals surface area (Å²) in [6.45, 7) is 0. The fourth-order valence-corrected chi connectivity index (χ4v) is 1.08. The molecule has 0 saturated carbocycles. The minimum atomic E-state index is -2.32. The van der Waals surface area contributed by atoms with E-state index in [0.29, 0.717) is 11.8 Å². The number of thioether (sulfide) groups is 1. The van der Waals surface area contributed by atoms with Gasteiger partial charge in [0.25, 0.3) is 5.76 Å². The second-order valence-corrected chi connectivity index (χ2v) is 2.79. The lowest BCUT2D eigenvalue weighted by Gasteiger charge is -1.97. The summed E-state index contributed by atoms with van der Waals surface area (Å²) in [5, 5.41) is 0. The van der Waals surface area contributed by atoms with Gasteiger partial charge in [-0.3, -0.25) is 0 Å². The molecule has 0 aliphatic carbocycles. The standard InChI is InChI=1S/C8H7F2S/c9-8(10)11-6-7-4-2-1-3-5-7/h1-6,8H. The second kappa shape index (κ2) is 4.34. The predicted octanol–water partition coefficient (Wildman–Crippen LogP) is 3.15. The molecule has 1 aromatic carbocycles. The van der Waals surface area contributed by atoms with Gasteiger partial charge in [0.05, 0.1) is 5.75 Å². The molecule has 0 unspecified atom stereocenters. The molecule has 0 aliphatic rings. The van der Waals surface area contributed by atoms with Gasteiger partial charge in [-0.15, -0.1) is 0 Å². The largest absolute Gasteiger partial charge is 0.285 e. The Morgan fingerprint density at radius 2 is 1.82 bits per heavy atom. The van der Waals surface area contributed by atoms with E-state index in [1.807, 2.05) is 18.2 Å². The van der Waals surface area contributed by atoms with Crippen molar-refractivity contribution in [1.82, 2.24) is 0 Å². The van der Waals surface area contributed by atoms with Gasteiger partial charge in [0.1, 0.15) is 0 Å². The molecule has 0 aromatic heterocycles. The van der Waals surface area contributed by atoms with Crippen molar-refractivity contribution in [2.45, 2.75) is 5.76 Å². The Labute approximate surface area is 68.6 Å². The quantitative estimate of drug-likeness (QED) is 0.676. The van der Waals surface area contributed by atoms with E-state index in [0.717, 1.165) is 5.56 Å². The van der Waals surface area contributed by atoms with Gasteiger partial charge in [-0.25, -0.2) is 0 Å². The highest BCUT2D eigenvalue weighted by Gasteiger charge is 2.02. The summed E-state index contributed by atoms with van der Waals surface area (Å²) in [7, 11) is 0. The predicted molar refractivity (Wildman–Crippen MR) is 43.4 cm³/mol. The third-order valence-corrected chi connectivity index (χ3v) is 1.72. The fourth-order valence-electron chi connectivity index (χ4n) is 0.662. The number of hydrogen-bond acceptors (Lipinski definition) is 1. The molecule has 1 radical (unpaired) electrons. The Morgan fingerprint density at radius 3 is 2.36 bits per heavy atom. The Hall–Kier alpha value is -0.570. The van der Waals surface area contributed by atoms with Crippen molar-refractivity contribution in [3.63, 3.8) is 0 Å². The van der Waals surface area contributed by atoms with Crippen LogP contribution in [0.1, 0.15) is 5.56 Å². The van der Waals surface area contributed by atoms with E-state index >= 15 is 0 Å². The van der Waals surface area contributed by atoms with Crippen LogP contribution < -0.4 is 0 Å². The molecule has 0 fully saturated rings. The minimum Gasteiger partial charge on any atom is -0.198 e. The van der Waals surface area contributed by atoms with Crippen LogP contribution in [0.5, 0.6) is 0 Å². The summed E-state index contributed by atoms with van der Waals surface area (Å²) >= 11 is 0.526. The van der Waals surface area contributed by atoms with Crippen LogP contribution in [0.4, 0.5) is 8.78 Å². The lowest BCUT2D eigenvalue weighted by atomic mass is 10.2. The number of benzene rings is 1. The smallest absolute Gasteiger partial charge is 0.198 e. The Bertz CT molecular complexity index is 199. The number of rotatable bonds is 3. The molecule has 0 atom stereocenters. The van der Waals surface area contributed by atoms with Crippen LogP contribution in [0.2, 0.25) is 0 Å². The summed E-state index contributed by atoms with van der Waals surface area (Å²) in [5.41, 5.74) is 0.817. The van der Waals surface area contributed by atoms with Gasteiger partial charge in [-0.2, -0.15) is 8.78 Å². The summed E-state index contributed by atoms with van der Waals surface area (Å²) in [4.78, 5) is 0. The van der Waals surface area contributed by atoms with Crippen molar-refractivity contribution in [3.05, 3.63) is 41.6 Å². The zero-order valence-corrected chi connectivity index (χ0v) is 6.52. The molecule has 3 heteroatoms. The Balaban J connectivity index is 2.39. The topological polar surface area (TPSA) is 0 Å². The average Bonchev–Trinajstić information content (AvgIpc) is 2.03. The van der Waals surface area contributed by atoms with E-state index in [-0.39, 0.29) is 0 Å². The third-order valence-electron chi connectivity index (χ3n) is 1.11. The summed E-state index contributed by atoms with van der Waals surface area (Å²) < 4.78 is 23.3. The first-order valence-electron chi connectivity index (χ1n) is 3.11. The van der Waals surface area contributed by atoms with E-state index in [9.17, 15) is 8.78 Å². The highest BCUT2D eigenvalue weighted by molar-refractivity contribution is 8.01. The van der Waals surface area contributed by atoms with Crippen LogP contribution in [0.15, 0.2) is 30.3 Å². The van der Waals surface area contributed by atoms with Gasteiger partial charge in [-0.05, 0) is 5.56 Å². The van der Waals surface area contributed by atoms with Gasteiger partial charge in [0, 0.05) is 0 Å². The fraction of sp³-hybridized carbons (Fsp3) is 0.125. The molecule has 11 heavy (non-hydrogen) atoms. The van der Waals surface area contributed by atoms with Crippen molar-refractivity contribution in [3.8, 4) is 0 Å². The van der Waals surface area contributed by atoms with Crippen molar-refractivity contribution < 1.29 is 8.78 Å². The number of alkyl halides is 2. The highest BCUT2D eigenvalue weighted by Crippen LogP contribution is 2.21. The van der Waals surface area contributed by atoms with Crippen molar-refractivity contribution >= 4 is 11.8 Å². The molecule has 0 aliphatic heterocycles. The maximum Gasteiger partial charge on any atom is 0.285 e. The van der Waals surface area contributed by atoms with E-state index in [1.54, 1.807) is 12.1 Å². The molecule has 0 N–H and O–H groups in total. The molecule has 0 heterocycles. The van der Waals surface area contributed by atoms with Crippen molar-refractivity contribution in [2.24, 2.45) is 0 Å². The van der Waals surface area contributed by atoms with E-state index < -0.39 is 5.76 Å². The van der Waals surface area contributed by atoms with Gasteiger partial charge < -0.3 is 0 Å².